The average molecular weight is 496 g/mol. The molecule has 2 aliphatic rings. The monoisotopic (exact) mass is 495 g/mol. The Morgan fingerprint density at radius 3 is 2.37 bits per heavy atom. The lowest BCUT2D eigenvalue weighted by atomic mass is 10.0. The molecule has 35 heavy (non-hydrogen) atoms. The standard InChI is InChI=1S/C25H25N3O6S/c1-15(2)16-5-8-19(9-6-16)35(31,32)27-25(30)24(18-7-11-21-22(13-18)34-14-33-21)28-23(29)12-10-20(26-28)17-3-4-17/h5-13,15,17,24H,3-4,14H2,1-2H3,(H,27,30). The van der Waals surface area contributed by atoms with Crippen molar-refractivity contribution in [2.45, 2.75) is 49.5 Å². The Bertz CT molecular complexity index is 1440. The summed E-state index contributed by atoms with van der Waals surface area (Å²) in [6, 6.07) is 12.8. The summed E-state index contributed by atoms with van der Waals surface area (Å²) in [4.78, 5) is 26.3. The molecule has 1 saturated carbocycles. The van der Waals surface area contributed by atoms with Gasteiger partial charge in [-0.05, 0) is 60.2 Å². The van der Waals surface area contributed by atoms with E-state index in [-0.39, 0.29) is 23.5 Å². The molecule has 1 unspecified atom stereocenters. The van der Waals surface area contributed by atoms with Crippen molar-refractivity contribution in [1.29, 1.82) is 0 Å². The Hall–Kier alpha value is -3.66. The molecule has 2 heterocycles. The van der Waals surface area contributed by atoms with E-state index < -0.39 is 27.5 Å². The third-order valence-electron chi connectivity index (χ3n) is 6.14. The van der Waals surface area contributed by atoms with Crippen molar-refractivity contribution in [1.82, 2.24) is 14.5 Å². The second-order valence-electron chi connectivity index (χ2n) is 9.02. The van der Waals surface area contributed by atoms with Crippen molar-refractivity contribution in [3.05, 3.63) is 81.8 Å². The highest BCUT2D eigenvalue weighted by Crippen LogP contribution is 2.39. The Morgan fingerprint density at radius 2 is 1.69 bits per heavy atom. The number of carbonyl (C=O) groups excluding carboxylic acids is 1. The van der Waals surface area contributed by atoms with Crippen molar-refractivity contribution in [2.24, 2.45) is 0 Å². The lowest BCUT2D eigenvalue weighted by molar-refractivity contribution is -0.121. The van der Waals surface area contributed by atoms with Crippen molar-refractivity contribution in [2.75, 3.05) is 6.79 Å². The number of carbonyl (C=O) groups is 1. The number of sulfonamides is 1. The third-order valence-corrected chi connectivity index (χ3v) is 7.50. The van der Waals surface area contributed by atoms with Gasteiger partial charge >= 0.3 is 0 Å². The van der Waals surface area contributed by atoms with E-state index in [1.807, 2.05) is 13.8 Å². The summed E-state index contributed by atoms with van der Waals surface area (Å²) in [5.41, 5.74) is 1.49. The van der Waals surface area contributed by atoms with E-state index in [1.165, 1.54) is 18.2 Å². The van der Waals surface area contributed by atoms with Gasteiger partial charge in [0.2, 0.25) is 6.79 Å². The quantitative estimate of drug-likeness (QED) is 0.535. The summed E-state index contributed by atoms with van der Waals surface area (Å²) < 4.78 is 40.1. The molecule has 2 aromatic carbocycles. The predicted molar refractivity (Wildman–Crippen MR) is 127 cm³/mol. The summed E-state index contributed by atoms with van der Waals surface area (Å²) >= 11 is 0. The van der Waals surface area contributed by atoms with Gasteiger partial charge < -0.3 is 9.47 Å². The number of nitrogens with one attached hydrogen (secondary N) is 1. The first-order valence-corrected chi connectivity index (χ1v) is 12.9. The van der Waals surface area contributed by atoms with E-state index in [9.17, 15) is 18.0 Å². The molecular formula is C25H25N3O6S. The summed E-state index contributed by atoms with van der Waals surface area (Å²) in [5.74, 6) is 0.454. The van der Waals surface area contributed by atoms with E-state index in [0.717, 1.165) is 23.1 Å². The van der Waals surface area contributed by atoms with Gasteiger partial charge in [-0.25, -0.2) is 17.8 Å². The minimum absolute atomic E-state index is 0.0335. The zero-order valence-corrected chi connectivity index (χ0v) is 20.1. The lowest BCUT2D eigenvalue weighted by Gasteiger charge is -2.20. The minimum Gasteiger partial charge on any atom is -0.454 e. The molecule has 1 aliphatic carbocycles. The van der Waals surface area contributed by atoms with Crippen LogP contribution in [0.3, 0.4) is 0 Å². The molecule has 1 fully saturated rings. The Balaban J connectivity index is 1.53. The molecule has 0 radical (unpaired) electrons. The van der Waals surface area contributed by atoms with Gasteiger partial charge in [-0.3, -0.25) is 9.59 Å². The number of fused-ring (bicyclic) bond motifs is 1. The van der Waals surface area contributed by atoms with Crippen molar-refractivity contribution in [3.63, 3.8) is 0 Å². The van der Waals surface area contributed by atoms with Crippen molar-refractivity contribution < 1.29 is 22.7 Å². The summed E-state index contributed by atoms with van der Waals surface area (Å²) in [6.45, 7) is 4.04. The second-order valence-corrected chi connectivity index (χ2v) is 10.7. The van der Waals surface area contributed by atoms with Gasteiger partial charge in [0.15, 0.2) is 17.5 Å². The molecule has 0 bridgehead atoms. The maximum atomic E-state index is 13.5. The number of hydrogen-bond donors (Lipinski definition) is 1. The highest BCUT2D eigenvalue weighted by Gasteiger charge is 2.32. The van der Waals surface area contributed by atoms with Crippen LogP contribution in [-0.4, -0.2) is 30.9 Å². The van der Waals surface area contributed by atoms with Crippen LogP contribution in [0.5, 0.6) is 11.5 Å². The second kappa shape index (κ2) is 8.84. The Kier molecular flexibility index (Phi) is 5.84. The van der Waals surface area contributed by atoms with Gasteiger partial charge in [0.1, 0.15) is 0 Å². The highest BCUT2D eigenvalue weighted by molar-refractivity contribution is 7.90. The van der Waals surface area contributed by atoms with Gasteiger partial charge in [-0.1, -0.05) is 32.0 Å². The van der Waals surface area contributed by atoms with Crippen LogP contribution >= 0.6 is 0 Å². The van der Waals surface area contributed by atoms with Gasteiger partial charge in [0.05, 0.1) is 10.6 Å². The summed E-state index contributed by atoms with van der Waals surface area (Å²) in [5, 5.41) is 4.44. The fourth-order valence-corrected chi connectivity index (χ4v) is 4.98. The molecule has 1 aromatic heterocycles. The number of nitrogens with zero attached hydrogens (tertiary/aromatic N) is 2. The molecule has 0 spiro atoms. The van der Waals surface area contributed by atoms with Gasteiger partial charge in [0, 0.05) is 12.0 Å². The topological polar surface area (TPSA) is 117 Å². The molecule has 9 nitrogen and oxygen atoms in total. The lowest BCUT2D eigenvalue weighted by Crippen LogP contribution is -2.41. The number of aromatic nitrogens is 2. The van der Waals surface area contributed by atoms with E-state index in [2.05, 4.69) is 9.82 Å². The SMILES string of the molecule is CC(C)c1ccc(S(=O)(=O)NC(=O)C(c2ccc3c(c2)OCO3)n2nc(C3CC3)ccc2=O)cc1. The normalized spacial score (nSPS) is 15.7. The highest BCUT2D eigenvalue weighted by atomic mass is 32.2. The van der Waals surface area contributed by atoms with Crippen LogP contribution < -0.4 is 19.8 Å². The van der Waals surface area contributed by atoms with Crippen molar-refractivity contribution >= 4 is 15.9 Å². The fourth-order valence-electron chi connectivity index (χ4n) is 3.99. The zero-order chi connectivity index (χ0) is 24.7. The van der Waals surface area contributed by atoms with Crippen LogP contribution in [0.15, 0.2) is 64.3 Å². The van der Waals surface area contributed by atoms with Crippen LogP contribution in [0.4, 0.5) is 0 Å². The first-order valence-electron chi connectivity index (χ1n) is 11.4. The summed E-state index contributed by atoms with van der Waals surface area (Å²) in [7, 11) is -4.20. The average Bonchev–Trinajstić information content (AvgIpc) is 3.57. The van der Waals surface area contributed by atoms with Crippen LogP contribution in [-0.2, 0) is 14.8 Å². The number of amides is 1. The van der Waals surface area contributed by atoms with E-state index >= 15 is 0 Å². The van der Waals surface area contributed by atoms with Crippen LogP contribution in [0, 0.1) is 0 Å². The van der Waals surface area contributed by atoms with Crippen LogP contribution in [0.1, 0.15) is 61.4 Å². The first-order chi connectivity index (χ1) is 16.7. The molecule has 3 aromatic rings. The molecule has 1 atom stereocenters. The summed E-state index contributed by atoms with van der Waals surface area (Å²) in [6.07, 6.45) is 1.90. The van der Waals surface area contributed by atoms with E-state index in [0.29, 0.717) is 22.8 Å². The molecule has 10 heteroatoms. The van der Waals surface area contributed by atoms with E-state index in [1.54, 1.807) is 36.4 Å². The Morgan fingerprint density at radius 1 is 1.00 bits per heavy atom. The maximum absolute atomic E-state index is 13.5. The number of rotatable bonds is 7. The fraction of sp³-hybridized carbons (Fsp3) is 0.320. The maximum Gasteiger partial charge on any atom is 0.267 e. The number of ether oxygens (including phenoxy) is 2. The molecule has 1 N–H and O–H groups in total. The molecule has 1 aliphatic heterocycles. The molecule has 5 rings (SSSR count). The van der Waals surface area contributed by atoms with Gasteiger partial charge in [0.25, 0.3) is 21.5 Å². The third kappa shape index (κ3) is 4.66. The molecule has 1 amide bonds. The number of hydrogen-bond acceptors (Lipinski definition) is 7. The predicted octanol–water partition coefficient (Wildman–Crippen LogP) is 3.07. The molecule has 0 saturated heterocycles. The number of benzene rings is 2. The smallest absolute Gasteiger partial charge is 0.267 e. The first kappa shape index (κ1) is 23.1. The van der Waals surface area contributed by atoms with Crippen LogP contribution in [0.25, 0.3) is 0 Å². The minimum atomic E-state index is -4.20. The van der Waals surface area contributed by atoms with E-state index in [4.69, 9.17) is 9.47 Å². The van der Waals surface area contributed by atoms with Gasteiger partial charge in [-0.2, -0.15) is 5.10 Å². The zero-order valence-electron chi connectivity index (χ0n) is 19.3. The van der Waals surface area contributed by atoms with Gasteiger partial charge in [-0.15, -0.1) is 0 Å². The van der Waals surface area contributed by atoms with Crippen molar-refractivity contribution in [3.8, 4) is 11.5 Å². The Labute approximate surface area is 202 Å². The van der Waals surface area contributed by atoms with Crippen LogP contribution in [0.2, 0.25) is 0 Å². The molecule has 182 valence electrons. The molecular weight excluding hydrogens is 470 g/mol. The largest absolute Gasteiger partial charge is 0.454 e.